The van der Waals surface area contributed by atoms with E-state index >= 15 is 0 Å². The lowest BCUT2D eigenvalue weighted by molar-refractivity contribution is -0.284. The molecule has 0 aromatic carbocycles. The van der Waals surface area contributed by atoms with Crippen molar-refractivity contribution in [3.8, 4) is 0 Å². The Bertz CT molecular complexity index is 546. The van der Waals surface area contributed by atoms with Gasteiger partial charge in [-0.05, 0) is 12.8 Å². The lowest BCUT2D eigenvalue weighted by atomic mass is 9.95. The zero-order valence-electron chi connectivity index (χ0n) is 13.2. The normalized spacial score (nSPS) is 18.8. The molecule has 0 bridgehead atoms. The molecule has 0 aromatic heterocycles. The first-order chi connectivity index (χ1) is 11.3. The SMILES string of the molecule is O=C(CC(F)(F)C(F)(F)F)OC(CNC1CCCCC1)CS(=O)(=O)O. The van der Waals surface area contributed by atoms with Crippen LogP contribution in [-0.4, -0.2) is 55.5 Å². The molecule has 1 aliphatic rings. The molecular formula is C13H20F5NO5S. The molecule has 0 amide bonds. The molecule has 12 heteroatoms. The Morgan fingerprint density at radius 2 is 1.72 bits per heavy atom. The van der Waals surface area contributed by atoms with Crippen LogP contribution in [0, 0.1) is 0 Å². The van der Waals surface area contributed by atoms with Gasteiger partial charge >= 0.3 is 18.1 Å². The highest BCUT2D eigenvalue weighted by atomic mass is 32.2. The number of hydrogen-bond acceptors (Lipinski definition) is 5. The third-order valence-corrected chi connectivity index (χ3v) is 4.51. The first kappa shape index (κ1) is 22.0. The number of alkyl halides is 5. The van der Waals surface area contributed by atoms with Gasteiger partial charge in [-0.2, -0.15) is 30.4 Å². The van der Waals surface area contributed by atoms with Gasteiger partial charge in [0.25, 0.3) is 10.1 Å². The molecule has 1 atom stereocenters. The lowest BCUT2D eigenvalue weighted by Gasteiger charge is -2.26. The summed E-state index contributed by atoms with van der Waals surface area (Å²) >= 11 is 0. The highest BCUT2D eigenvalue weighted by Gasteiger charge is 2.58. The minimum Gasteiger partial charge on any atom is -0.460 e. The molecule has 6 nitrogen and oxygen atoms in total. The molecular weight excluding hydrogens is 377 g/mol. The van der Waals surface area contributed by atoms with Gasteiger partial charge in [0.1, 0.15) is 18.3 Å². The van der Waals surface area contributed by atoms with Crippen LogP contribution in [0.5, 0.6) is 0 Å². The molecule has 0 aliphatic heterocycles. The Morgan fingerprint density at radius 3 is 2.20 bits per heavy atom. The Hall–Kier alpha value is -1.01. The fraction of sp³-hybridized carbons (Fsp3) is 0.923. The minimum absolute atomic E-state index is 0.00651. The summed E-state index contributed by atoms with van der Waals surface area (Å²) in [4.78, 5) is 11.3. The van der Waals surface area contributed by atoms with E-state index in [2.05, 4.69) is 10.1 Å². The predicted molar refractivity (Wildman–Crippen MR) is 76.8 cm³/mol. The fourth-order valence-electron chi connectivity index (χ4n) is 2.48. The van der Waals surface area contributed by atoms with E-state index in [-0.39, 0.29) is 12.6 Å². The second-order valence-electron chi connectivity index (χ2n) is 5.98. The van der Waals surface area contributed by atoms with Crippen molar-refractivity contribution in [3.63, 3.8) is 0 Å². The number of nitrogens with one attached hydrogen (secondary N) is 1. The molecule has 1 saturated carbocycles. The quantitative estimate of drug-likeness (QED) is 0.371. The summed E-state index contributed by atoms with van der Waals surface area (Å²) in [6.07, 6.45) is -5.32. The Kier molecular flexibility index (Phi) is 7.56. The number of hydrogen-bond donors (Lipinski definition) is 2. The molecule has 0 heterocycles. The summed E-state index contributed by atoms with van der Waals surface area (Å²) in [6.45, 7) is -0.284. The van der Waals surface area contributed by atoms with Gasteiger partial charge in [0.15, 0.2) is 0 Å². The van der Waals surface area contributed by atoms with Crippen LogP contribution in [0.1, 0.15) is 38.5 Å². The molecule has 25 heavy (non-hydrogen) atoms. The monoisotopic (exact) mass is 397 g/mol. The summed E-state index contributed by atoms with van der Waals surface area (Å²) in [5.41, 5.74) is 0. The van der Waals surface area contributed by atoms with Crippen LogP contribution in [0.4, 0.5) is 22.0 Å². The minimum atomic E-state index is -5.93. The third-order valence-electron chi connectivity index (χ3n) is 3.72. The summed E-state index contributed by atoms with van der Waals surface area (Å²) in [5.74, 6) is -8.29. The van der Waals surface area contributed by atoms with Gasteiger partial charge < -0.3 is 10.1 Å². The van der Waals surface area contributed by atoms with E-state index in [4.69, 9.17) is 4.55 Å². The average molecular weight is 397 g/mol. The van der Waals surface area contributed by atoms with Crippen molar-refractivity contribution in [2.75, 3.05) is 12.3 Å². The molecule has 1 unspecified atom stereocenters. The maximum absolute atomic E-state index is 12.8. The number of rotatable bonds is 8. The van der Waals surface area contributed by atoms with Crippen LogP contribution in [0.2, 0.25) is 0 Å². The largest absolute Gasteiger partial charge is 0.460 e. The van der Waals surface area contributed by atoms with Crippen molar-refractivity contribution >= 4 is 16.1 Å². The second-order valence-corrected chi connectivity index (χ2v) is 7.48. The first-order valence-corrected chi connectivity index (χ1v) is 9.23. The van der Waals surface area contributed by atoms with Gasteiger partial charge in [0.2, 0.25) is 0 Å². The maximum Gasteiger partial charge on any atom is 0.453 e. The molecule has 1 fully saturated rings. The summed E-state index contributed by atoms with van der Waals surface area (Å²) in [7, 11) is -4.62. The predicted octanol–water partition coefficient (Wildman–Crippen LogP) is 2.30. The third kappa shape index (κ3) is 8.27. The second kappa shape index (κ2) is 8.58. The number of esters is 1. The number of carbonyl (C=O) groups excluding carboxylic acids is 1. The lowest BCUT2D eigenvalue weighted by Crippen LogP contribution is -2.43. The van der Waals surface area contributed by atoms with E-state index in [0.29, 0.717) is 0 Å². The summed E-state index contributed by atoms with van der Waals surface area (Å²) in [6, 6.07) is -0.00651. The average Bonchev–Trinajstić information content (AvgIpc) is 2.42. The van der Waals surface area contributed by atoms with Crippen LogP contribution in [0.3, 0.4) is 0 Å². The Morgan fingerprint density at radius 1 is 1.16 bits per heavy atom. The van der Waals surface area contributed by atoms with E-state index in [1.807, 2.05) is 0 Å². The number of halogens is 5. The molecule has 0 aromatic rings. The molecule has 2 N–H and O–H groups in total. The van der Waals surface area contributed by atoms with Crippen LogP contribution in [0.25, 0.3) is 0 Å². The fourth-order valence-corrected chi connectivity index (χ4v) is 3.14. The summed E-state index contributed by atoms with van der Waals surface area (Å²) < 4.78 is 97.0. The van der Waals surface area contributed by atoms with E-state index in [1.165, 1.54) is 0 Å². The van der Waals surface area contributed by atoms with Crippen LogP contribution in [-0.2, 0) is 19.6 Å². The smallest absolute Gasteiger partial charge is 0.453 e. The number of carbonyl (C=O) groups is 1. The molecule has 1 aliphatic carbocycles. The van der Waals surface area contributed by atoms with Gasteiger partial charge in [0.05, 0.1) is 0 Å². The van der Waals surface area contributed by atoms with Gasteiger partial charge in [-0.15, -0.1) is 0 Å². The molecule has 148 valence electrons. The van der Waals surface area contributed by atoms with Gasteiger partial charge in [0, 0.05) is 12.6 Å². The first-order valence-electron chi connectivity index (χ1n) is 7.63. The van der Waals surface area contributed by atoms with E-state index < -0.39 is 46.5 Å². The van der Waals surface area contributed by atoms with Crippen molar-refractivity contribution in [3.05, 3.63) is 0 Å². The van der Waals surface area contributed by atoms with Crippen molar-refractivity contribution in [2.24, 2.45) is 0 Å². The maximum atomic E-state index is 12.8. The molecule has 1 rings (SSSR count). The van der Waals surface area contributed by atoms with Crippen molar-refractivity contribution in [2.45, 2.75) is 62.8 Å². The van der Waals surface area contributed by atoms with Crippen molar-refractivity contribution < 1.29 is 44.5 Å². The molecule has 0 saturated heterocycles. The van der Waals surface area contributed by atoms with Crippen LogP contribution in [0.15, 0.2) is 0 Å². The van der Waals surface area contributed by atoms with Gasteiger partial charge in [-0.3, -0.25) is 9.35 Å². The van der Waals surface area contributed by atoms with E-state index in [9.17, 15) is 35.2 Å². The van der Waals surface area contributed by atoms with Crippen molar-refractivity contribution in [1.82, 2.24) is 5.32 Å². The highest BCUT2D eigenvalue weighted by molar-refractivity contribution is 7.85. The zero-order chi connectivity index (χ0) is 19.3. The van der Waals surface area contributed by atoms with Crippen LogP contribution < -0.4 is 5.32 Å². The molecule has 0 spiro atoms. The van der Waals surface area contributed by atoms with Crippen LogP contribution >= 0.6 is 0 Å². The standard InChI is InChI=1S/C13H20F5NO5S/c14-12(15,13(16,17)18)6-11(20)24-10(8-25(21,22)23)7-19-9-4-2-1-3-5-9/h9-10,19H,1-8H2,(H,21,22,23). The van der Waals surface area contributed by atoms with Gasteiger partial charge in [-0.1, -0.05) is 19.3 Å². The summed E-state index contributed by atoms with van der Waals surface area (Å²) in [5, 5.41) is 2.88. The van der Waals surface area contributed by atoms with E-state index in [1.54, 1.807) is 0 Å². The Labute approximate surface area is 141 Å². The molecule has 0 radical (unpaired) electrons. The van der Waals surface area contributed by atoms with E-state index in [0.717, 1.165) is 32.1 Å². The Balaban J connectivity index is 2.64. The topological polar surface area (TPSA) is 92.7 Å². The number of ether oxygens (including phenoxy) is 1. The highest BCUT2D eigenvalue weighted by Crippen LogP contribution is 2.38. The zero-order valence-corrected chi connectivity index (χ0v) is 14.0. The van der Waals surface area contributed by atoms with Crippen molar-refractivity contribution in [1.29, 1.82) is 0 Å². The van der Waals surface area contributed by atoms with Gasteiger partial charge in [-0.25, -0.2) is 0 Å².